The van der Waals surface area contributed by atoms with Gasteiger partial charge in [0.2, 0.25) is 0 Å². The summed E-state index contributed by atoms with van der Waals surface area (Å²) in [7, 11) is 0. The van der Waals surface area contributed by atoms with Crippen LogP contribution >= 0.6 is 0 Å². The Kier molecular flexibility index (Phi) is 38.6. The predicted octanol–water partition coefficient (Wildman–Crippen LogP) is 10.3. The molecule has 0 aliphatic rings. The summed E-state index contributed by atoms with van der Waals surface area (Å²) in [4.78, 5) is 26.7. The van der Waals surface area contributed by atoms with Gasteiger partial charge < -0.3 is 29.0 Å². The van der Waals surface area contributed by atoms with Crippen molar-refractivity contribution in [3.8, 4) is 0 Å². The van der Waals surface area contributed by atoms with E-state index in [1.165, 1.54) is 70.6 Å². The van der Waals surface area contributed by atoms with Gasteiger partial charge in [0.15, 0.2) is 6.29 Å². The van der Waals surface area contributed by atoms with Crippen molar-refractivity contribution in [1.82, 2.24) is 4.90 Å². The average Bonchev–Trinajstić information content (AvgIpc) is 3.10. The second kappa shape index (κ2) is 39.6. The van der Waals surface area contributed by atoms with Gasteiger partial charge in [-0.2, -0.15) is 0 Å². The molecule has 8 heteroatoms. The Morgan fingerprint density at radius 1 is 0.469 bits per heavy atom. The highest BCUT2D eigenvalue weighted by atomic mass is 16.7. The highest BCUT2D eigenvalue weighted by molar-refractivity contribution is 5.69. The van der Waals surface area contributed by atoms with E-state index < -0.39 is 0 Å². The summed E-state index contributed by atoms with van der Waals surface area (Å²) >= 11 is 0. The van der Waals surface area contributed by atoms with E-state index in [0.29, 0.717) is 52.2 Å². The summed E-state index contributed by atoms with van der Waals surface area (Å²) in [5.41, 5.74) is 0. The van der Waals surface area contributed by atoms with Gasteiger partial charge in [-0.05, 0) is 58.0 Å². The number of aliphatic hydroxyl groups excluding tert-OH is 1. The van der Waals surface area contributed by atoms with Gasteiger partial charge in [-0.1, -0.05) is 130 Å². The van der Waals surface area contributed by atoms with Gasteiger partial charge in [-0.15, -0.1) is 0 Å². The molecule has 0 amide bonds. The van der Waals surface area contributed by atoms with Crippen LogP contribution in [0.3, 0.4) is 0 Å². The van der Waals surface area contributed by atoms with E-state index >= 15 is 0 Å². The zero-order chi connectivity index (χ0) is 35.9. The molecule has 0 rings (SSSR count). The SMILES string of the molecule is CCCCCCCCCOC(=O)CCCCCCCN(CCO)CCCCCCOC(=O)CCC(OCCCCCC)OCCCCCC. The Balaban J connectivity index is 3.86. The van der Waals surface area contributed by atoms with Crippen LogP contribution in [0.25, 0.3) is 0 Å². The molecule has 0 radical (unpaired) electrons. The Hall–Kier alpha value is -1.22. The van der Waals surface area contributed by atoms with Gasteiger partial charge in [0.25, 0.3) is 0 Å². The first kappa shape index (κ1) is 47.8. The van der Waals surface area contributed by atoms with Crippen LogP contribution in [-0.4, -0.2) is 80.9 Å². The smallest absolute Gasteiger partial charge is 0.305 e. The van der Waals surface area contributed by atoms with Crippen molar-refractivity contribution < 1.29 is 33.6 Å². The molecular weight excluding hydrogens is 618 g/mol. The summed E-state index contributed by atoms with van der Waals surface area (Å²) in [5, 5.41) is 9.50. The third-order valence-electron chi connectivity index (χ3n) is 9.10. The summed E-state index contributed by atoms with van der Waals surface area (Å²) in [6, 6.07) is 0. The summed E-state index contributed by atoms with van der Waals surface area (Å²) in [6.45, 7) is 12.0. The minimum absolute atomic E-state index is 0.0424. The molecule has 0 aliphatic carbocycles. The largest absolute Gasteiger partial charge is 0.466 e. The van der Waals surface area contributed by atoms with Crippen LogP contribution in [0.5, 0.6) is 0 Å². The predicted molar refractivity (Wildman–Crippen MR) is 203 cm³/mol. The molecule has 0 aliphatic heterocycles. The number of esters is 2. The van der Waals surface area contributed by atoms with Crippen molar-refractivity contribution in [2.24, 2.45) is 0 Å². The first-order valence-electron chi connectivity index (χ1n) is 20.9. The number of carbonyl (C=O) groups excluding carboxylic acids is 2. The van der Waals surface area contributed by atoms with E-state index in [0.717, 1.165) is 96.6 Å². The van der Waals surface area contributed by atoms with Crippen molar-refractivity contribution in [1.29, 1.82) is 0 Å². The Labute approximate surface area is 303 Å². The summed E-state index contributed by atoms with van der Waals surface area (Å²) in [6.07, 6.45) is 28.4. The molecule has 0 saturated carbocycles. The van der Waals surface area contributed by atoms with E-state index in [9.17, 15) is 14.7 Å². The monoisotopic (exact) mass is 700 g/mol. The van der Waals surface area contributed by atoms with Crippen molar-refractivity contribution in [2.75, 3.05) is 52.7 Å². The first-order valence-corrected chi connectivity index (χ1v) is 20.9. The van der Waals surface area contributed by atoms with Gasteiger partial charge in [0, 0.05) is 32.6 Å². The standard InChI is InChI=1S/C41H81NO7/c1-4-7-10-13-14-19-26-35-46-39(44)28-21-16-15-17-22-31-42(33-34-43)32-23-18-20-27-36-47-40(45)29-30-41(48-37-24-11-8-5-2)49-38-25-12-9-6-3/h41,43H,4-38H2,1-3H3. The van der Waals surface area contributed by atoms with Crippen LogP contribution < -0.4 is 0 Å². The fourth-order valence-corrected chi connectivity index (χ4v) is 5.92. The number of unbranched alkanes of at least 4 members (excludes halogenated alkanes) is 19. The third-order valence-corrected chi connectivity index (χ3v) is 9.10. The van der Waals surface area contributed by atoms with E-state index in [4.69, 9.17) is 18.9 Å². The third kappa shape index (κ3) is 36.4. The number of ether oxygens (including phenoxy) is 4. The van der Waals surface area contributed by atoms with Crippen LogP contribution in [0, 0.1) is 0 Å². The topological polar surface area (TPSA) is 94.5 Å². The number of hydrogen-bond donors (Lipinski definition) is 1. The quantitative estimate of drug-likeness (QED) is 0.0384. The average molecular weight is 700 g/mol. The lowest BCUT2D eigenvalue weighted by Crippen LogP contribution is -2.29. The molecule has 0 atom stereocenters. The maximum Gasteiger partial charge on any atom is 0.305 e. The van der Waals surface area contributed by atoms with E-state index in [1.54, 1.807) is 0 Å². The number of rotatable bonds is 40. The minimum atomic E-state index is -0.322. The molecular formula is C41H81NO7. The second-order valence-electron chi connectivity index (χ2n) is 13.9. The van der Waals surface area contributed by atoms with E-state index in [1.807, 2.05) is 0 Å². The lowest BCUT2D eigenvalue weighted by molar-refractivity contribution is -0.159. The Morgan fingerprint density at radius 2 is 0.857 bits per heavy atom. The molecule has 0 saturated heterocycles. The molecule has 292 valence electrons. The zero-order valence-electron chi connectivity index (χ0n) is 32.7. The fraction of sp³-hybridized carbons (Fsp3) is 0.951. The van der Waals surface area contributed by atoms with Gasteiger partial charge >= 0.3 is 11.9 Å². The molecule has 49 heavy (non-hydrogen) atoms. The molecule has 1 N–H and O–H groups in total. The van der Waals surface area contributed by atoms with Gasteiger partial charge in [-0.3, -0.25) is 9.59 Å². The van der Waals surface area contributed by atoms with E-state index in [2.05, 4.69) is 25.7 Å². The van der Waals surface area contributed by atoms with Crippen LogP contribution in [0.15, 0.2) is 0 Å². The molecule has 0 aromatic rings. The van der Waals surface area contributed by atoms with Gasteiger partial charge in [-0.25, -0.2) is 0 Å². The summed E-state index contributed by atoms with van der Waals surface area (Å²) in [5.74, 6) is -0.207. The van der Waals surface area contributed by atoms with Gasteiger partial charge in [0.05, 0.1) is 26.2 Å². The van der Waals surface area contributed by atoms with Crippen LogP contribution in [0.2, 0.25) is 0 Å². The lowest BCUT2D eigenvalue weighted by atomic mass is 10.1. The highest BCUT2D eigenvalue weighted by Gasteiger charge is 2.13. The number of aliphatic hydroxyl groups is 1. The van der Waals surface area contributed by atoms with Crippen molar-refractivity contribution in [3.05, 3.63) is 0 Å². The lowest BCUT2D eigenvalue weighted by Gasteiger charge is -2.21. The van der Waals surface area contributed by atoms with Crippen LogP contribution in [0.1, 0.15) is 194 Å². The van der Waals surface area contributed by atoms with Crippen LogP contribution in [0.4, 0.5) is 0 Å². The molecule has 0 aromatic heterocycles. The molecule has 0 spiro atoms. The van der Waals surface area contributed by atoms with Crippen molar-refractivity contribution >= 4 is 11.9 Å². The Morgan fingerprint density at radius 3 is 1.35 bits per heavy atom. The molecule has 0 unspecified atom stereocenters. The second-order valence-corrected chi connectivity index (χ2v) is 13.9. The first-order chi connectivity index (χ1) is 24.1. The minimum Gasteiger partial charge on any atom is -0.466 e. The van der Waals surface area contributed by atoms with Crippen molar-refractivity contribution in [3.63, 3.8) is 0 Å². The maximum atomic E-state index is 12.3. The molecule has 8 nitrogen and oxygen atoms in total. The molecule has 0 fully saturated rings. The van der Waals surface area contributed by atoms with E-state index in [-0.39, 0.29) is 24.8 Å². The van der Waals surface area contributed by atoms with Gasteiger partial charge in [0.1, 0.15) is 0 Å². The number of hydrogen-bond acceptors (Lipinski definition) is 8. The molecule has 0 heterocycles. The number of carbonyl (C=O) groups is 2. The molecule has 0 bridgehead atoms. The van der Waals surface area contributed by atoms with Crippen molar-refractivity contribution in [2.45, 2.75) is 200 Å². The maximum absolute atomic E-state index is 12.3. The Bertz CT molecular complexity index is 679. The summed E-state index contributed by atoms with van der Waals surface area (Å²) < 4.78 is 22.8. The highest BCUT2D eigenvalue weighted by Crippen LogP contribution is 2.12. The fourth-order valence-electron chi connectivity index (χ4n) is 5.92. The zero-order valence-corrected chi connectivity index (χ0v) is 32.7. The molecule has 0 aromatic carbocycles. The normalized spacial score (nSPS) is 11.6. The number of nitrogens with zero attached hydrogens (tertiary/aromatic N) is 1. The van der Waals surface area contributed by atoms with Crippen LogP contribution in [-0.2, 0) is 28.5 Å².